The molecule has 1 aromatic rings. The molecule has 2 fully saturated rings. The fourth-order valence-corrected chi connectivity index (χ4v) is 4.21. The molecule has 2 aliphatic heterocycles. The molecule has 1 atom stereocenters. The minimum atomic E-state index is -0.457. The van der Waals surface area contributed by atoms with Crippen molar-refractivity contribution < 1.29 is 14.3 Å². The Bertz CT molecular complexity index is 584. The zero-order chi connectivity index (χ0) is 17.6. The maximum absolute atomic E-state index is 12.4. The molecule has 0 spiro atoms. The summed E-state index contributed by atoms with van der Waals surface area (Å²) in [6.45, 7) is 2.26. The Hall–Kier alpha value is -1.73. The number of nitrogens with two attached hydrogens (primary N) is 1. The Morgan fingerprint density at radius 3 is 2.52 bits per heavy atom. The molecule has 0 aromatic heterocycles. The number of thioether (sulfide) groups is 1. The molecule has 0 unspecified atom stereocenters. The van der Waals surface area contributed by atoms with Gasteiger partial charge in [0.15, 0.2) is 0 Å². The highest BCUT2D eigenvalue weighted by molar-refractivity contribution is 7.99. The molecule has 3 rings (SSSR count). The summed E-state index contributed by atoms with van der Waals surface area (Å²) in [6, 6.07) is 9.18. The molecule has 2 amide bonds. The number of likely N-dealkylation sites (tertiary alicyclic amines) is 1. The number of nitrogens with zero attached hydrogens (tertiary/aromatic N) is 2. The van der Waals surface area contributed by atoms with Crippen LogP contribution >= 0.6 is 11.8 Å². The van der Waals surface area contributed by atoms with E-state index < -0.39 is 6.04 Å². The summed E-state index contributed by atoms with van der Waals surface area (Å²) < 4.78 is 5.37. The molecule has 25 heavy (non-hydrogen) atoms. The van der Waals surface area contributed by atoms with Crippen LogP contribution in [0.25, 0.3) is 0 Å². The molecule has 7 heteroatoms. The summed E-state index contributed by atoms with van der Waals surface area (Å²) in [5.74, 6) is 1.92. The van der Waals surface area contributed by atoms with Crippen molar-refractivity contribution in [1.82, 2.24) is 9.80 Å². The predicted molar refractivity (Wildman–Crippen MR) is 97.9 cm³/mol. The van der Waals surface area contributed by atoms with E-state index in [1.54, 1.807) is 16.7 Å². The first-order valence-corrected chi connectivity index (χ1v) is 9.88. The van der Waals surface area contributed by atoms with Crippen LogP contribution in [-0.4, -0.2) is 59.1 Å². The van der Waals surface area contributed by atoms with Crippen molar-refractivity contribution in [2.45, 2.75) is 25.5 Å². The van der Waals surface area contributed by atoms with Crippen LogP contribution in [0.4, 0.5) is 4.79 Å². The van der Waals surface area contributed by atoms with E-state index in [0.29, 0.717) is 13.1 Å². The molecule has 1 aromatic carbocycles. The third kappa shape index (κ3) is 4.67. The Morgan fingerprint density at radius 2 is 1.88 bits per heavy atom. The van der Waals surface area contributed by atoms with Gasteiger partial charge in [0.05, 0.1) is 11.9 Å². The molecular weight excluding hydrogens is 338 g/mol. The third-order valence-corrected chi connectivity index (χ3v) is 5.83. The number of amides is 2. The predicted octanol–water partition coefficient (Wildman–Crippen LogP) is 1.90. The van der Waals surface area contributed by atoms with E-state index >= 15 is 0 Å². The van der Waals surface area contributed by atoms with Gasteiger partial charge in [0.1, 0.15) is 6.61 Å². The van der Waals surface area contributed by atoms with Gasteiger partial charge >= 0.3 is 6.09 Å². The molecule has 2 aliphatic rings. The number of rotatable bonds is 4. The van der Waals surface area contributed by atoms with Gasteiger partial charge in [-0.3, -0.25) is 4.79 Å². The molecule has 0 aliphatic carbocycles. The minimum absolute atomic E-state index is 0.0510. The van der Waals surface area contributed by atoms with Gasteiger partial charge < -0.3 is 20.3 Å². The average Bonchev–Trinajstić information content (AvgIpc) is 3.20. The van der Waals surface area contributed by atoms with Gasteiger partial charge in [-0.15, -0.1) is 11.8 Å². The highest BCUT2D eigenvalue weighted by Crippen LogP contribution is 2.23. The first-order chi connectivity index (χ1) is 12.1. The van der Waals surface area contributed by atoms with Crippen LogP contribution in [0.15, 0.2) is 30.3 Å². The van der Waals surface area contributed by atoms with Crippen molar-refractivity contribution in [3.63, 3.8) is 0 Å². The molecular formula is C18H25N3O3S. The van der Waals surface area contributed by atoms with Gasteiger partial charge in [-0.25, -0.2) is 4.79 Å². The van der Waals surface area contributed by atoms with Crippen LogP contribution in [0.5, 0.6) is 0 Å². The van der Waals surface area contributed by atoms with Gasteiger partial charge in [-0.2, -0.15) is 0 Å². The molecule has 6 nitrogen and oxygen atoms in total. The molecule has 2 heterocycles. The lowest BCUT2D eigenvalue weighted by Gasteiger charge is -2.34. The third-order valence-electron chi connectivity index (χ3n) is 4.86. The summed E-state index contributed by atoms with van der Waals surface area (Å²) in [5.41, 5.74) is 7.17. The highest BCUT2D eigenvalue weighted by Gasteiger charge is 2.33. The smallest absolute Gasteiger partial charge is 0.410 e. The van der Waals surface area contributed by atoms with Crippen LogP contribution in [0.1, 0.15) is 18.4 Å². The van der Waals surface area contributed by atoms with Gasteiger partial charge in [0.25, 0.3) is 0 Å². The topological polar surface area (TPSA) is 75.9 Å². The Kier molecular flexibility index (Phi) is 6.20. The Balaban J connectivity index is 1.43. The van der Waals surface area contributed by atoms with Crippen LogP contribution in [0, 0.1) is 5.92 Å². The number of benzene rings is 1. The first-order valence-electron chi connectivity index (χ1n) is 8.73. The van der Waals surface area contributed by atoms with E-state index in [1.807, 2.05) is 35.2 Å². The maximum atomic E-state index is 12.4. The second-order valence-corrected chi connectivity index (χ2v) is 7.60. The van der Waals surface area contributed by atoms with Gasteiger partial charge in [0.2, 0.25) is 5.91 Å². The molecule has 0 radical (unpaired) electrons. The summed E-state index contributed by atoms with van der Waals surface area (Å²) in [5, 5.41) is 0. The summed E-state index contributed by atoms with van der Waals surface area (Å²) in [7, 11) is 0. The van der Waals surface area contributed by atoms with E-state index in [0.717, 1.165) is 36.6 Å². The zero-order valence-corrected chi connectivity index (χ0v) is 15.1. The molecule has 2 saturated heterocycles. The Labute approximate surface area is 152 Å². The van der Waals surface area contributed by atoms with E-state index in [9.17, 15) is 9.59 Å². The lowest BCUT2D eigenvalue weighted by Crippen LogP contribution is -2.50. The largest absolute Gasteiger partial charge is 0.445 e. The first kappa shape index (κ1) is 18.1. The standard InChI is InChI=1S/C18H25N3O3S/c19-16(17(22)21-10-11-25-13-21)15-6-8-20(9-7-15)18(23)24-12-14-4-2-1-3-5-14/h1-5,15-16H,6-13,19H2/t16-/m0/s1. The number of carbonyl (C=O) groups excluding carboxylic acids is 2. The van der Waals surface area contributed by atoms with Gasteiger partial charge in [0, 0.05) is 25.4 Å². The van der Waals surface area contributed by atoms with Crippen LogP contribution < -0.4 is 5.73 Å². The maximum Gasteiger partial charge on any atom is 0.410 e. The van der Waals surface area contributed by atoms with E-state index in [1.165, 1.54) is 0 Å². The van der Waals surface area contributed by atoms with E-state index in [2.05, 4.69) is 0 Å². The number of carbonyl (C=O) groups is 2. The average molecular weight is 363 g/mol. The van der Waals surface area contributed by atoms with Crippen molar-refractivity contribution >= 4 is 23.8 Å². The molecule has 0 saturated carbocycles. The normalized spacial score (nSPS) is 19.7. The number of piperidine rings is 1. The fourth-order valence-electron chi connectivity index (χ4n) is 3.25. The van der Waals surface area contributed by atoms with Crippen LogP contribution in [-0.2, 0) is 16.1 Å². The van der Waals surface area contributed by atoms with Gasteiger partial charge in [-0.05, 0) is 24.3 Å². The molecule has 136 valence electrons. The van der Waals surface area contributed by atoms with Gasteiger partial charge in [-0.1, -0.05) is 30.3 Å². The monoisotopic (exact) mass is 363 g/mol. The zero-order valence-electron chi connectivity index (χ0n) is 14.3. The summed E-state index contributed by atoms with van der Waals surface area (Å²) in [4.78, 5) is 28.1. The number of hydrogen-bond acceptors (Lipinski definition) is 5. The lowest BCUT2D eigenvalue weighted by atomic mass is 9.89. The van der Waals surface area contributed by atoms with Crippen LogP contribution in [0.3, 0.4) is 0 Å². The molecule has 2 N–H and O–H groups in total. The number of ether oxygens (including phenoxy) is 1. The number of hydrogen-bond donors (Lipinski definition) is 1. The van der Waals surface area contributed by atoms with Crippen molar-refractivity contribution in [3.8, 4) is 0 Å². The minimum Gasteiger partial charge on any atom is -0.445 e. The quantitative estimate of drug-likeness (QED) is 0.884. The Morgan fingerprint density at radius 1 is 1.16 bits per heavy atom. The fraction of sp³-hybridized carbons (Fsp3) is 0.556. The van der Waals surface area contributed by atoms with Crippen molar-refractivity contribution in [3.05, 3.63) is 35.9 Å². The van der Waals surface area contributed by atoms with Crippen molar-refractivity contribution in [1.29, 1.82) is 0 Å². The summed E-state index contributed by atoms with van der Waals surface area (Å²) in [6.07, 6.45) is 1.20. The SMILES string of the molecule is N[C@H](C(=O)N1CCSC1)C1CCN(C(=O)OCc2ccccc2)CC1. The van der Waals surface area contributed by atoms with Crippen molar-refractivity contribution in [2.75, 3.05) is 31.3 Å². The molecule has 0 bridgehead atoms. The second kappa shape index (κ2) is 8.58. The van der Waals surface area contributed by atoms with Crippen LogP contribution in [0.2, 0.25) is 0 Å². The van der Waals surface area contributed by atoms with E-state index in [-0.39, 0.29) is 24.5 Å². The lowest BCUT2D eigenvalue weighted by molar-refractivity contribution is -0.132. The van der Waals surface area contributed by atoms with Crippen molar-refractivity contribution in [2.24, 2.45) is 11.7 Å². The van der Waals surface area contributed by atoms with E-state index in [4.69, 9.17) is 10.5 Å². The second-order valence-electron chi connectivity index (χ2n) is 6.53. The highest BCUT2D eigenvalue weighted by atomic mass is 32.2. The summed E-state index contributed by atoms with van der Waals surface area (Å²) >= 11 is 1.76.